The molecule has 0 aliphatic carbocycles. The van der Waals surface area contributed by atoms with Crippen molar-refractivity contribution in [1.82, 2.24) is 20.4 Å². The molecular formula is C13H22N4O4. The summed E-state index contributed by atoms with van der Waals surface area (Å²) in [5, 5.41) is 14.3. The summed E-state index contributed by atoms with van der Waals surface area (Å²) in [7, 11) is 2.05. The van der Waals surface area contributed by atoms with Gasteiger partial charge in [-0.15, -0.1) is 0 Å². The number of piperidine rings is 1. The third kappa shape index (κ3) is 4.07. The van der Waals surface area contributed by atoms with Gasteiger partial charge in [-0.2, -0.15) is 0 Å². The molecule has 0 radical (unpaired) electrons. The number of piperazine rings is 1. The average Bonchev–Trinajstić information content (AvgIpc) is 2.44. The zero-order chi connectivity index (χ0) is 15.4. The quantitative estimate of drug-likeness (QED) is 0.615. The van der Waals surface area contributed by atoms with Gasteiger partial charge in [-0.05, 0) is 32.4 Å². The molecule has 21 heavy (non-hydrogen) atoms. The summed E-state index contributed by atoms with van der Waals surface area (Å²) in [6.07, 6.45) is 2.15. The smallest absolute Gasteiger partial charge is 0.328 e. The first-order valence-corrected chi connectivity index (χ1v) is 7.20. The Morgan fingerprint density at radius 3 is 2.90 bits per heavy atom. The first-order valence-electron chi connectivity index (χ1n) is 7.20. The van der Waals surface area contributed by atoms with E-state index < -0.39 is 18.0 Å². The Kier molecular flexibility index (Phi) is 5.00. The van der Waals surface area contributed by atoms with Crippen LogP contribution in [-0.4, -0.2) is 78.6 Å². The van der Waals surface area contributed by atoms with Gasteiger partial charge >= 0.3 is 12.0 Å². The maximum atomic E-state index is 12.1. The van der Waals surface area contributed by atoms with Gasteiger partial charge in [0.2, 0.25) is 5.91 Å². The van der Waals surface area contributed by atoms with Crippen LogP contribution in [0.25, 0.3) is 0 Å². The number of carbonyl (C=O) groups is 3. The van der Waals surface area contributed by atoms with E-state index in [1.54, 1.807) is 0 Å². The Morgan fingerprint density at radius 2 is 2.24 bits per heavy atom. The highest BCUT2D eigenvalue weighted by molar-refractivity contribution is 5.90. The van der Waals surface area contributed by atoms with Crippen LogP contribution in [0.15, 0.2) is 0 Å². The van der Waals surface area contributed by atoms with Crippen LogP contribution in [0.1, 0.15) is 12.8 Å². The van der Waals surface area contributed by atoms with E-state index in [2.05, 4.69) is 15.5 Å². The van der Waals surface area contributed by atoms with Crippen LogP contribution in [0.5, 0.6) is 0 Å². The number of amides is 3. The SMILES string of the molecule is CN1CCCC(CNC(=O)N2CC(=O)NCC2C(=O)O)C1. The minimum absolute atomic E-state index is 0.0479. The van der Waals surface area contributed by atoms with Crippen molar-refractivity contribution < 1.29 is 19.5 Å². The zero-order valence-electron chi connectivity index (χ0n) is 12.2. The van der Waals surface area contributed by atoms with Crippen molar-refractivity contribution in [3.05, 3.63) is 0 Å². The van der Waals surface area contributed by atoms with Gasteiger partial charge in [0.25, 0.3) is 0 Å². The number of nitrogens with one attached hydrogen (secondary N) is 2. The zero-order valence-corrected chi connectivity index (χ0v) is 12.2. The van der Waals surface area contributed by atoms with Gasteiger partial charge in [0.05, 0.1) is 0 Å². The topological polar surface area (TPSA) is 102 Å². The van der Waals surface area contributed by atoms with Gasteiger partial charge in [-0.25, -0.2) is 9.59 Å². The number of nitrogens with zero attached hydrogens (tertiary/aromatic N) is 2. The van der Waals surface area contributed by atoms with Crippen LogP contribution in [0.2, 0.25) is 0 Å². The number of hydrogen-bond donors (Lipinski definition) is 3. The number of carbonyl (C=O) groups excluding carboxylic acids is 2. The second-order valence-corrected chi connectivity index (χ2v) is 5.74. The molecule has 2 aliphatic rings. The van der Waals surface area contributed by atoms with E-state index in [0.717, 1.165) is 30.8 Å². The average molecular weight is 298 g/mol. The summed E-state index contributed by atoms with van der Waals surface area (Å²) >= 11 is 0. The highest BCUT2D eigenvalue weighted by atomic mass is 16.4. The molecule has 118 valence electrons. The molecule has 0 bridgehead atoms. The lowest BCUT2D eigenvalue weighted by molar-refractivity contribution is -0.144. The molecule has 0 aromatic carbocycles. The van der Waals surface area contributed by atoms with Crippen molar-refractivity contribution in [1.29, 1.82) is 0 Å². The molecule has 2 atom stereocenters. The fourth-order valence-electron chi connectivity index (χ4n) is 2.85. The summed E-state index contributed by atoms with van der Waals surface area (Å²) in [5.74, 6) is -1.07. The lowest BCUT2D eigenvalue weighted by Gasteiger charge is -2.34. The normalized spacial score (nSPS) is 27.1. The second-order valence-electron chi connectivity index (χ2n) is 5.74. The van der Waals surface area contributed by atoms with Crippen molar-refractivity contribution in [3.8, 4) is 0 Å². The van der Waals surface area contributed by atoms with Crippen LogP contribution >= 0.6 is 0 Å². The van der Waals surface area contributed by atoms with Crippen LogP contribution < -0.4 is 10.6 Å². The lowest BCUT2D eigenvalue weighted by atomic mass is 9.98. The highest BCUT2D eigenvalue weighted by Gasteiger charge is 2.35. The van der Waals surface area contributed by atoms with E-state index in [9.17, 15) is 14.4 Å². The van der Waals surface area contributed by atoms with Gasteiger partial charge in [0.15, 0.2) is 0 Å². The van der Waals surface area contributed by atoms with E-state index in [1.807, 2.05) is 7.05 Å². The van der Waals surface area contributed by atoms with Crippen LogP contribution in [-0.2, 0) is 9.59 Å². The molecule has 3 N–H and O–H groups in total. The molecule has 2 saturated heterocycles. The molecule has 2 rings (SSSR count). The van der Waals surface area contributed by atoms with Gasteiger partial charge in [0, 0.05) is 19.6 Å². The van der Waals surface area contributed by atoms with Crippen molar-refractivity contribution >= 4 is 17.9 Å². The molecule has 2 aliphatic heterocycles. The summed E-state index contributed by atoms with van der Waals surface area (Å²) < 4.78 is 0. The Morgan fingerprint density at radius 1 is 1.48 bits per heavy atom. The van der Waals surface area contributed by atoms with Crippen molar-refractivity contribution in [3.63, 3.8) is 0 Å². The van der Waals surface area contributed by atoms with Crippen molar-refractivity contribution in [2.45, 2.75) is 18.9 Å². The fourth-order valence-corrected chi connectivity index (χ4v) is 2.85. The second kappa shape index (κ2) is 6.75. The number of aliphatic carboxylic acids is 1. The summed E-state index contributed by atoms with van der Waals surface area (Å²) in [5.41, 5.74) is 0. The predicted octanol–water partition coefficient (Wildman–Crippen LogP) is -1.08. The minimum atomic E-state index is -1.11. The first-order chi connectivity index (χ1) is 9.97. The molecule has 2 fully saturated rings. The molecule has 8 nitrogen and oxygen atoms in total. The maximum Gasteiger partial charge on any atom is 0.328 e. The predicted molar refractivity (Wildman–Crippen MR) is 74.8 cm³/mol. The van der Waals surface area contributed by atoms with Crippen LogP contribution in [0.4, 0.5) is 4.79 Å². The molecule has 0 aromatic heterocycles. The molecule has 2 unspecified atom stereocenters. The monoisotopic (exact) mass is 298 g/mol. The van der Waals surface area contributed by atoms with Gasteiger partial charge in [-0.1, -0.05) is 0 Å². The molecule has 2 heterocycles. The molecule has 0 spiro atoms. The number of hydrogen-bond acceptors (Lipinski definition) is 4. The number of urea groups is 1. The molecule has 0 saturated carbocycles. The summed E-state index contributed by atoms with van der Waals surface area (Å²) in [6.45, 7) is 2.23. The largest absolute Gasteiger partial charge is 0.480 e. The standard InChI is InChI=1S/C13H22N4O4/c1-16-4-2-3-9(7-16)5-15-13(21)17-8-11(18)14-6-10(17)12(19)20/h9-10H,2-8H2,1H3,(H,14,18)(H,15,21)(H,19,20). The number of carboxylic acid groups (broad SMARTS) is 1. The Bertz CT molecular complexity index is 428. The van der Waals surface area contributed by atoms with E-state index in [0.29, 0.717) is 12.5 Å². The summed E-state index contributed by atoms with van der Waals surface area (Å²) in [6, 6.07) is -1.48. The Labute approximate surface area is 123 Å². The molecular weight excluding hydrogens is 276 g/mol. The van der Waals surface area contributed by atoms with E-state index in [4.69, 9.17) is 5.11 Å². The van der Waals surface area contributed by atoms with Gasteiger partial charge < -0.3 is 20.6 Å². The lowest BCUT2D eigenvalue weighted by Crippen LogP contribution is -2.61. The van der Waals surface area contributed by atoms with Gasteiger partial charge in [-0.3, -0.25) is 9.69 Å². The molecule has 0 aromatic rings. The highest BCUT2D eigenvalue weighted by Crippen LogP contribution is 2.14. The van der Waals surface area contributed by atoms with E-state index in [-0.39, 0.29) is 19.0 Å². The van der Waals surface area contributed by atoms with E-state index in [1.165, 1.54) is 0 Å². The van der Waals surface area contributed by atoms with Crippen LogP contribution in [0.3, 0.4) is 0 Å². The number of rotatable bonds is 3. The Hall–Kier alpha value is -1.83. The summed E-state index contributed by atoms with van der Waals surface area (Å²) in [4.78, 5) is 38.0. The Balaban J connectivity index is 1.88. The van der Waals surface area contributed by atoms with E-state index >= 15 is 0 Å². The van der Waals surface area contributed by atoms with Crippen LogP contribution in [0, 0.1) is 5.92 Å². The molecule has 3 amide bonds. The molecule has 8 heteroatoms. The van der Waals surface area contributed by atoms with Crippen molar-refractivity contribution in [2.75, 3.05) is 39.8 Å². The first kappa shape index (κ1) is 15.6. The van der Waals surface area contributed by atoms with Crippen molar-refractivity contribution in [2.24, 2.45) is 5.92 Å². The number of likely N-dealkylation sites (tertiary alicyclic amines) is 1. The third-order valence-electron chi connectivity index (χ3n) is 3.99. The minimum Gasteiger partial charge on any atom is -0.480 e. The third-order valence-corrected chi connectivity index (χ3v) is 3.99. The maximum absolute atomic E-state index is 12.1. The number of carboxylic acids is 1. The fraction of sp³-hybridized carbons (Fsp3) is 0.769. The van der Waals surface area contributed by atoms with Gasteiger partial charge in [0.1, 0.15) is 12.6 Å².